The van der Waals surface area contributed by atoms with Gasteiger partial charge >= 0.3 is 5.97 Å². The summed E-state index contributed by atoms with van der Waals surface area (Å²) >= 11 is 11.8. The van der Waals surface area contributed by atoms with Gasteiger partial charge in [0.05, 0.1) is 10.7 Å². The minimum atomic E-state index is -0.828. The Morgan fingerprint density at radius 1 is 1.38 bits per heavy atom. The summed E-state index contributed by atoms with van der Waals surface area (Å²) in [4.78, 5) is 24.8. The van der Waals surface area contributed by atoms with E-state index in [9.17, 15) is 9.59 Å². The van der Waals surface area contributed by atoms with Gasteiger partial charge in [-0.05, 0) is 37.6 Å². The maximum atomic E-state index is 11.9. The molecule has 2 N–H and O–H groups in total. The highest BCUT2D eigenvalue weighted by Crippen LogP contribution is 2.25. The predicted octanol–water partition coefficient (Wildman–Crippen LogP) is 2.87. The maximum Gasteiger partial charge on any atom is 0.320 e. The van der Waals surface area contributed by atoms with Gasteiger partial charge in [-0.3, -0.25) is 14.5 Å². The van der Waals surface area contributed by atoms with Crippen LogP contribution in [-0.2, 0) is 9.59 Å². The number of nitrogens with one attached hydrogen (secondary N) is 1. The molecular formula is C14H16Cl2N2O3. The highest BCUT2D eigenvalue weighted by Gasteiger charge is 2.30. The minimum absolute atomic E-state index is 0.213. The average molecular weight is 331 g/mol. The number of benzene rings is 1. The molecule has 1 amide bonds. The van der Waals surface area contributed by atoms with E-state index in [1.807, 2.05) is 4.90 Å². The molecule has 1 aliphatic rings. The van der Waals surface area contributed by atoms with Crippen LogP contribution >= 0.6 is 23.2 Å². The normalized spacial score (nSPS) is 18.7. The molecule has 1 aliphatic heterocycles. The highest BCUT2D eigenvalue weighted by molar-refractivity contribution is 6.35. The van der Waals surface area contributed by atoms with Gasteiger partial charge in [0.25, 0.3) is 0 Å². The summed E-state index contributed by atoms with van der Waals surface area (Å²) in [6, 6.07) is 4.35. The summed E-state index contributed by atoms with van der Waals surface area (Å²) in [5, 5.41) is 12.7. The lowest BCUT2D eigenvalue weighted by molar-refractivity contribution is -0.142. The summed E-state index contributed by atoms with van der Waals surface area (Å²) in [6.07, 6.45) is 1.70. The van der Waals surface area contributed by atoms with Gasteiger partial charge in [0.15, 0.2) is 0 Å². The molecule has 0 radical (unpaired) electrons. The molecule has 0 spiro atoms. The Morgan fingerprint density at radius 2 is 2.14 bits per heavy atom. The van der Waals surface area contributed by atoms with Crippen LogP contribution in [0.1, 0.15) is 19.3 Å². The van der Waals surface area contributed by atoms with E-state index in [4.69, 9.17) is 28.3 Å². The van der Waals surface area contributed by atoms with Crippen LogP contribution in [0, 0.1) is 0 Å². The molecule has 21 heavy (non-hydrogen) atoms. The van der Waals surface area contributed by atoms with E-state index in [0.29, 0.717) is 35.2 Å². The third-order valence-electron chi connectivity index (χ3n) is 3.48. The van der Waals surface area contributed by atoms with E-state index in [1.165, 1.54) is 0 Å². The third kappa shape index (κ3) is 4.33. The maximum absolute atomic E-state index is 11.9. The molecule has 1 saturated heterocycles. The van der Waals surface area contributed by atoms with Crippen molar-refractivity contribution in [2.24, 2.45) is 0 Å². The molecule has 0 aromatic heterocycles. The fourth-order valence-electron chi connectivity index (χ4n) is 2.42. The minimum Gasteiger partial charge on any atom is -0.480 e. The lowest BCUT2D eigenvalue weighted by Gasteiger charge is -2.20. The number of hydrogen-bond donors (Lipinski definition) is 2. The number of hydrogen-bond acceptors (Lipinski definition) is 3. The number of halogens is 2. The van der Waals surface area contributed by atoms with E-state index in [-0.39, 0.29) is 12.3 Å². The standard InChI is InChI=1S/C14H16Cl2N2O3/c15-9-3-4-10(16)11(8-9)17-13(19)5-7-18-6-1-2-12(18)14(20)21/h3-4,8,12H,1-2,5-7H2,(H,17,19)(H,20,21)/t12-/m1/s1. The molecule has 114 valence electrons. The number of nitrogens with zero attached hydrogens (tertiary/aromatic N) is 1. The number of carboxylic acid groups (broad SMARTS) is 1. The van der Waals surface area contributed by atoms with Gasteiger partial charge in [-0.15, -0.1) is 0 Å². The number of carbonyl (C=O) groups is 2. The Kier molecular flexibility index (Phi) is 5.45. The Hall–Kier alpha value is -1.30. The fraction of sp³-hybridized carbons (Fsp3) is 0.429. The Morgan fingerprint density at radius 3 is 2.86 bits per heavy atom. The van der Waals surface area contributed by atoms with Gasteiger partial charge in [-0.1, -0.05) is 23.2 Å². The average Bonchev–Trinajstić information content (AvgIpc) is 2.89. The van der Waals surface area contributed by atoms with Gasteiger partial charge < -0.3 is 10.4 Å². The van der Waals surface area contributed by atoms with Crippen LogP contribution in [0.15, 0.2) is 18.2 Å². The Balaban J connectivity index is 1.87. The van der Waals surface area contributed by atoms with Gasteiger partial charge in [-0.25, -0.2) is 0 Å². The van der Waals surface area contributed by atoms with E-state index >= 15 is 0 Å². The number of carboxylic acids is 1. The zero-order valence-corrected chi connectivity index (χ0v) is 12.8. The summed E-state index contributed by atoms with van der Waals surface area (Å²) in [5.74, 6) is -1.04. The van der Waals surface area contributed by atoms with Crippen molar-refractivity contribution in [3.8, 4) is 0 Å². The molecule has 2 rings (SSSR count). The number of likely N-dealkylation sites (tertiary alicyclic amines) is 1. The number of carbonyl (C=O) groups excluding carboxylic acids is 1. The van der Waals surface area contributed by atoms with Crippen molar-refractivity contribution in [3.05, 3.63) is 28.2 Å². The molecule has 1 heterocycles. The van der Waals surface area contributed by atoms with Crippen molar-refractivity contribution < 1.29 is 14.7 Å². The predicted molar refractivity (Wildman–Crippen MR) is 81.9 cm³/mol. The lowest BCUT2D eigenvalue weighted by Crippen LogP contribution is -2.37. The van der Waals surface area contributed by atoms with Crippen LogP contribution in [0.3, 0.4) is 0 Å². The van der Waals surface area contributed by atoms with Gasteiger partial charge in [0, 0.05) is 18.0 Å². The summed E-state index contributed by atoms with van der Waals surface area (Å²) in [6.45, 7) is 1.13. The number of aliphatic carboxylic acids is 1. The SMILES string of the molecule is O=C(CCN1CCC[C@@H]1C(=O)O)Nc1cc(Cl)ccc1Cl. The Bertz CT molecular complexity index is 551. The van der Waals surface area contributed by atoms with Crippen molar-refractivity contribution in [1.82, 2.24) is 4.90 Å². The second-order valence-corrected chi connectivity index (χ2v) is 5.80. The van der Waals surface area contributed by atoms with E-state index in [2.05, 4.69) is 5.32 Å². The van der Waals surface area contributed by atoms with E-state index < -0.39 is 12.0 Å². The van der Waals surface area contributed by atoms with Crippen molar-refractivity contribution >= 4 is 40.8 Å². The molecular weight excluding hydrogens is 315 g/mol. The quantitative estimate of drug-likeness (QED) is 0.870. The third-order valence-corrected chi connectivity index (χ3v) is 4.04. The van der Waals surface area contributed by atoms with Gasteiger partial charge in [0.2, 0.25) is 5.91 Å². The summed E-state index contributed by atoms with van der Waals surface area (Å²) in [5.41, 5.74) is 0.463. The van der Waals surface area contributed by atoms with Crippen molar-refractivity contribution in [2.75, 3.05) is 18.4 Å². The lowest BCUT2D eigenvalue weighted by atomic mass is 10.2. The highest BCUT2D eigenvalue weighted by atomic mass is 35.5. The molecule has 1 aromatic rings. The topological polar surface area (TPSA) is 69.6 Å². The number of rotatable bonds is 5. The second-order valence-electron chi connectivity index (χ2n) is 4.95. The van der Waals surface area contributed by atoms with Crippen LogP contribution in [0.5, 0.6) is 0 Å². The summed E-state index contributed by atoms with van der Waals surface area (Å²) < 4.78 is 0. The molecule has 0 saturated carbocycles. The van der Waals surface area contributed by atoms with Crippen LogP contribution in [-0.4, -0.2) is 41.0 Å². The largest absolute Gasteiger partial charge is 0.480 e. The van der Waals surface area contributed by atoms with Crippen LogP contribution in [0.25, 0.3) is 0 Å². The fourth-order valence-corrected chi connectivity index (χ4v) is 2.76. The summed E-state index contributed by atoms with van der Waals surface area (Å²) in [7, 11) is 0. The molecule has 1 atom stereocenters. The van der Waals surface area contributed by atoms with Crippen molar-refractivity contribution in [2.45, 2.75) is 25.3 Å². The molecule has 1 fully saturated rings. The van der Waals surface area contributed by atoms with E-state index in [0.717, 1.165) is 6.42 Å². The first kappa shape index (κ1) is 16.1. The number of anilines is 1. The molecule has 0 aliphatic carbocycles. The van der Waals surface area contributed by atoms with Crippen LogP contribution in [0.2, 0.25) is 10.0 Å². The monoisotopic (exact) mass is 330 g/mol. The zero-order chi connectivity index (χ0) is 15.4. The van der Waals surface area contributed by atoms with Gasteiger partial charge in [-0.2, -0.15) is 0 Å². The second kappa shape index (κ2) is 7.11. The molecule has 7 heteroatoms. The first-order chi connectivity index (χ1) is 9.97. The van der Waals surface area contributed by atoms with Crippen LogP contribution < -0.4 is 5.32 Å². The molecule has 5 nitrogen and oxygen atoms in total. The Labute approximate surface area is 132 Å². The first-order valence-corrected chi connectivity index (χ1v) is 7.44. The molecule has 0 bridgehead atoms. The number of amides is 1. The zero-order valence-electron chi connectivity index (χ0n) is 11.3. The van der Waals surface area contributed by atoms with Crippen molar-refractivity contribution in [1.29, 1.82) is 0 Å². The van der Waals surface area contributed by atoms with Gasteiger partial charge in [0.1, 0.15) is 6.04 Å². The van der Waals surface area contributed by atoms with Crippen LogP contribution in [0.4, 0.5) is 5.69 Å². The van der Waals surface area contributed by atoms with Crippen molar-refractivity contribution in [3.63, 3.8) is 0 Å². The molecule has 1 aromatic carbocycles. The molecule has 0 unspecified atom stereocenters. The van der Waals surface area contributed by atoms with E-state index in [1.54, 1.807) is 18.2 Å². The first-order valence-electron chi connectivity index (χ1n) is 6.69. The smallest absolute Gasteiger partial charge is 0.320 e.